The third kappa shape index (κ3) is 4.06. The molecule has 144 valence electrons. The average molecular weight is 410 g/mol. The number of hydrogen-bond donors (Lipinski definition) is 0. The molecule has 0 bridgehead atoms. The minimum atomic E-state index is 0.642. The van der Waals surface area contributed by atoms with Crippen molar-refractivity contribution in [3.63, 3.8) is 0 Å². The van der Waals surface area contributed by atoms with E-state index in [1.165, 1.54) is 10.3 Å². The molecule has 2 heterocycles. The van der Waals surface area contributed by atoms with Crippen LogP contribution in [0.25, 0.3) is 10.2 Å². The third-order valence-electron chi connectivity index (χ3n) is 4.64. The first-order valence-electron chi connectivity index (χ1n) is 9.37. The molecule has 0 atom stereocenters. The summed E-state index contributed by atoms with van der Waals surface area (Å²) in [7, 11) is 2.08. The zero-order valence-corrected chi connectivity index (χ0v) is 17.7. The van der Waals surface area contributed by atoms with Crippen LogP contribution in [0.2, 0.25) is 0 Å². The van der Waals surface area contributed by atoms with E-state index in [1.54, 1.807) is 11.3 Å². The molecule has 2 aromatic heterocycles. The molecular weight excluding hydrogens is 386 g/mol. The summed E-state index contributed by atoms with van der Waals surface area (Å²) in [6.07, 6.45) is 0.785. The molecule has 28 heavy (non-hydrogen) atoms. The fourth-order valence-corrected chi connectivity index (χ4v) is 4.68. The summed E-state index contributed by atoms with van der Waals surface area (Å²) in [5, 5.41) is 5.92. The summed E-state index contributed by atoms with van der Waals surface area (Å²) in [4.78, 5) is 6.93. The van der Waals surface area contributed by atoms with Crippen molar-refractivity contribution in [3.05, 3.63) is 75.8 Å². The molecule has 4 aromatic rings. The number of benzene rings is 2. The highest BCUT2D eigenvalue weighted by atomic mass is 32.1. The maximum absolute atomic E-state index is 5.69. The minimum Gasteiger partial charge on any atom is -0.304 e. The van der Waals surface area contributed by atoms with Gasteiger partial charge in [0.05, 0.1) is 23.4 Å². The van der Waals surface area contributed by atoms with Crippen LogP contribution in [-0.4, -0.2) is 31.3 Å². The molecule has 0 saturated heterocycles. The smallest absolute Gasteiger partial charge is 0.199 e. The lowest BCUT2D eigenvalue weighted by Gasteiger charge is -2.14. The van der Waals surface area contributed by atoms with E-state index in [-0.39, 0.29) is 0 Å². The predicted molar refractivity (Wildman–Crippen MR) is 117 cm³/mol. The summed E-state index contributed by atoms with van der Waals surface area (Å²) in [6, 6.07) is 18.7. The first-order chi connectivity index (χ1) is 13.6. The predicted octanol–water partition coefficient (Wildman–Crippen LogP) is 4.72. The van der Waals surface area contributed by atoms with Gasteiger partial charge in [0, 0.05) is 13.0 Å². The van der Waals surface area contributed by atoms with Crippen LogP contribution in [0.15, 0.2) is 54.6 Å². The van der Waals surface area contributed by atoms with Gasteiger partial charge in [-0.15, -0.1) is 11.3 Å². The lowest BCUT2D eigenvalue weighted by molar-refractivity contribution is 0.243. The van der Waals surface area contributed by atoms with Crippen molar-refractivity contribution in [2.75, 3.05) is 7.05 Å². The summed E-state index contributed by atoms with van der Waals surface area (Å²) in [5.74, 6) is 1.01. The van der Waals surface area contributed by atoms with E-state index in [9.17, 15) is 0 Å². The van der Waals surface area contributed by atoms with Crippen molar-refractivity contribution in [3.8, 4) is 0 Å². The van der Waals surface area contributed by atoms with Crippen molar-refractivity contribution in [2.24, 2.45) is 0 Å². The zero-order chi connectivity index (χ0) is 19.5. The quantitative estimate of drug-likeness (QED) is 0.414. The van der Waals surface area contributed by atoms with Gasteiger partial charge in [0.25, 0.3) is 0 Å². The van der Waals surface area contributed by atoms with E-state index in [2.05, 4.69) is 65.9 Å². The fraction of sp³-hybridized carbons (Fsp3) is 0.286. The van der Waals surface area contributed by atoms with Gasteiger partial charge in [-0.3, -0.25) is 4.90 Å². The van der Waals surface area contributed by atoms with Crippen molar-refractivity contribution in [2.45, 2.75) is 33.1 Å². The van der Waals surface area contributed by atoms with E-state index in [0.29, 0.717) is 6.67 Å². The van der Waals surface area contributed by atoms with Gasteiger partial charge in [0.2, 0.25) is 0 Å². The van der Waals surface area contributed by atoms with E-state index >= 15 is 0 Å². The number of fused-ring (bicyclic) bond motifs is 1. The number of para-hydroxylation sites is 1. The number of nitrogens with zero attached hydrogens (tertiary/aromatic N) is 5. The van der Waals surface area contributed by atoms with Gasteiger partial charge in [-0.2, -0.15) is 5.10 Å². The first kappa shape index (κ1) is 19.0. The van der Waals surface area contributed by atoms with Gasteiger partial charge in [-0.1, -0.05) is 42.5 Å². The Labute approximate surface area is 173 Å². The molecule has 0 aliphatic carbocycles. The zero-order valence-electron chi connectivity index (χ0n) is 16.1. The van der Waals surface area contributed by atoms with Crippen LogP contribution in [-0.2, 0) is 26.2 Å². The van der Waals surface area contributed by atoms with Crippen LogP contribution >= 0.6 is 23.6 Å². The van der Waals surface area contributed by atoms with Gasteiger partial charge >= 0.3 is 0 Å². The molecule has 7 heteroatoms. The topological polar surface area (TPSA) is 38.9 Å². The number of hydrogen-bond acceptors (Lipinski definition) is 5. The Morgan fingerprint density at radius 3 is 2.57 bits per heavy atom. The molecule has 0 spiro atoms. The average Bonchev–Trinajstić information content (AvgIpc) is 3.22. The van der Waals surface area contributed by atoms with Crippen LogP contribution in [0.3, 0.4) is 0 Å². The normalized spacial score (nSPS) is 11.5. The number of thiazole rings is 1. The Morgan fingerprint density at radius 1 is 1.07 bits per heavy atom. The SMILES string of the molecule is CCn1c(Cc2ccccc2)nn(CN(C)Cc2nc3ccccc3s2)c1=S. The Kier molecular flexibility index (Phi) is 5.66. The summed E-state index contributed by atoms with van der Waals surface area (Å²) < 4.78 is 6.03. The van der Waals surface area contributed by atoms with E-state index in [4.69, 9.17) is 22.3 Å². The Balaban J connectivity index is 1.51. The Bertz CT molecular complexity index is 1090. The third-order valence-corrected chi connectivity index (χ3v) is 6.09. The molecule has 0 N–H and O–H groups in total. The molecule has 0 saturated carbocycles. The second kappa shape index (κ2) is 8.34. The van der Waals surface area contributed by atoms with Crippen molar-refractivity contribution < 1.29 is 0 Å². The number of aromatic nitrogens is 4. The molecule has 2 aromatic carbocycles. The summed E-state index contributed by atoms with van der Waals surface area (Å²) >= 11 is 7.43. The van der Waals surface area contributed by atoms with Gasteiger partial charge in [-0.05, 0) is 43.9 Å². The van der Waals surface area contributed by atoms with Crippen LogP contribution in [0.4, 0.5) is 0 Å². The van der Waals surface area contributed by atoms with Crippen LogP contribution in [0, 0.1) is 4.77 Å². The standard InChI is InChI=1S/C21H23N5S2/c1-3-25-19(13-16-9-5-4-6-10-16)23-26(21(25)27)15-24(2)14-20-22-17-11-7-8-12-18(17)28-20/h4-12H,3,13-15H2,1-2H3. The van der Waals surface area contributed by atoms with E-state index in [0.717, 1.165) is 40.6 Å². The summed E-state index contributed by atoms with van der Waals surface area (Å²) in [5.41, 5.74) is 2.31. The monoisotopic (exact) mass is 409 g/mol. The van der Waals surface area contributed by atoms with Gasteiger partial charge in [0.1, 0.15) is 10.8 Å². The van der Waals surface area contributed by atoms with Crippen molar-refractivity contribution in [1.82, 2.24) is 24.2 Å². The Morgan fingerprint density at radius 2 is 1.82 bits per heavy atom. The molecule has 0 aliphatic rings. The molecule has 0 unspecified atom stereocenters. The fourth-order valence-electron chi connectivity index (χ4n) is 3.30. The lowest BCUT2D eigenvalue weighted by Crippen LogP contribution is -2.22. The van der Waals surface area contributed by atoms with E-state index < -0.39 is 0 Å². The largest absolute Gasteiger partial charge is 0.304 e. The minimum absolute atomic E-state index is 0.642. The summed E-state index contributed by atoms with van der Waals surface area (Å²) in [6.45, 7) is 4.35. The van der Waals surface area contributed by atoms with Crippen LogP contribution in [0.5, 0.6) is 0 Å². The molecule has 0 radical (unpaired) electrons. The van der Waals surface area contributed by atoms with Gasteiger partial charge in [0.15, 0.2) is 4.77 Å². The highest BCUT2D eigenvalue weighted by Crippen LogP contribution is 2.22. The molecular formula is C21H23N5S2. The second-order valence-corrected chi connectivity index (χ2v) is 8.32. The second-order valence-electron chi connectivity index (χ2n) is 6.84. The van der Waals surface area contributed by atoms with Crippen LogP contribution < -0.4 is 0 Å². The molecule has 4 rings (SSSR count). The van der Waals surface area contributed by atoms with Crippen molar-refractivity contribution in [1.29, 1.82) is 0 Å². The van der Waals surface area contributed by atoms with Gasteiger partial charge < -0.3 is 4.57 Å². The Hall–Kier alpha value is -2.35. The maximum Gasteiger partial charge on any atom is 0.199 e. The first-order valence-corrected chi connectivity index (χ1v) is 10.6. The highest BCUT2D eigenvalue weighted by Gasteiger charge is 2.13. The number of rotatable bonds is 7. The molecule has 0 amide bonds. The van der Waals surface area contributed by atoms with Crippen molar-refractivity contribution >= 4 is 33.8 Å². The van der Waals surface area contributed by atoms with Crippen LogP contribution in [0.1, 0.15) is 23.3 Å². The molecule has 0 fully saturated rings. The highest BCUT2D eigenvalue weighted by molar-refractivity contribution is 7.71. The lowest BCUT2D eigenvalue weighted by atomic mass is 10.1. The molecule has 5 nitrogen and oxygen atoms in total. The van der Waals surface area contributed by atoms with E-state index in [1.807, 2.05) is 16.8 Å². The maximum atomic E-state index is 5.69. The van der Waals surface area contributed by atoms with Gasteiger partial charge in [-0.25, -0.2) is 9.67 Å². The molecule has 0 aliphatic heterocycles.